The number of carbonyl (C=O) groups excluding carboxylic acids is 3. The Morgan fingerprint density at radius 1 is 1.07 bits per heavy atom. The van der Waals surface area contributed by atoms with Crippen molar-refractivity contribution < 1.29 is 14.4 Å². The number of piperidine rings is 1. The van der Waals surface area contributed by atoms with Gasteiger partial charge in [0.15, 0.2) is 5.78 Å². The van der Waals surface area contributed by atoms with Crippen LogP contribution in [0, 0.1) is 11.3 Å². The highest BCUT2D eigenvalue weighted by Gasteiger charge is 2.28. The molecule has 4 rings (SSSR count). The van der Waals surface area contributed by atoms with Crippen molar-refractivity contribution >= 4 is 34.6 Å². The maximum atomic E-state index is 12.1. The van der Waals surface area contributed by atoms with Gasteiger partial charge in [-0.05, 0) is 29.8 Å². The summed E-state index contributed by atoms with van der Waals surface area (Å²) < 4.78 is 2.03. The Bertz CT molecular complexity index is 1170. The Balaban J connectivity index is 1.75. The van der Waals surface area contributed by atoms with Crippen LogP contribution in [0.4, 0.5) is 0 Å². The number of ketones is 1. The number of benzene rings is 2. The van der Waals surface area contributed by atoms with Gasteiger partial charge in [-0.1, -0.05) is 30.3 Å². The van der Waals surface area contributed by atoms with Crippen LogP contribution in [-0.2, 0) is 20.9 Å². The van der Waals surface area contributed by atoms with Crippen molar-refractivity contribution in [2.75, 3.05) is 0 Å². The zero-order valence-corrected chi connectivity index (χ0v) is 14.8. The predicted molar refractivity (Wildman–Crippen MR) is 103 cm³/mol. The molecule has 0 radical (unpaired) electrons. The van der Waals surface area contributed by atoms with Crippen molar-refractivity contribution in [3.63, 3.8) is 0 Å². The minimum Gasteiger partial charge on any atom is -0.342 e. The topological polar surface area (TPSA) is 92.0 Å². The Hall–Kier alpha value is -3.98. The fourth-order valence-electron chi connectivity index (χ4n) is 3.31. The number of rotatable bonds is 3. The van der Waals surface area contributed by atoms with E-state index in [0.717, 1.165) is 22.0 Å². The van der Waals surface area contributed by atoms with E-state index in [0.29, 0.717) is 12.1 Å². The highest BCUT2D eigenvalue weighted by Crippen LogP contribution is 2.25. The Kier molecular flexibility index (Phi) is 4.34. The Labute approximate surface area is 160 Å². The number of aromatic nitrogens is 1. The molecular formula is C22H15N3O3. The maximum Gasteiger partial charge on any atom is 0.261 e. The molecule has 136 valence electrons. The molecule has 1 saturated heterocycles. The van der Waals surface area contributed by atoms with Gasteiger partial charge in [0.2, 0.25) is 5.91 Å². The van der Waals surface area contributed by atoms with Gasteiger partial charge in [-0.15, -0.1) is 0 Å². The summed E-state index contributed by atoms with van der Waals surface area (Å²) >= 11 is 0. The lowest BCUT2D eigenvalue weighted by molar-refractivity contribution is -0.134. The van der Waals surface area contributed by atoms with Gasteiger partial charge < -0.3 is 4.57 Å². The zero-order chi connectivity index (χ0) is 19.7. The molecule has 6 nitrogen and oxygen atoms in total. The number of nitrogens with zero attached hydrogens (tertiary/aromatic N) is 2. The SMILES string of the molecule is N#Cc1ccc(Cn2cc(/C=C3/C(=O)CC(=O)NC3=O)c3ccccc32)cc1. The molecule has 0 unspecified atom stereocenters. The average molecular weight is 369 g/mol. The molecule has 1 N–H and O–H groups in total. The maximum absolute atomic E-state index is 12.1. The molecule has 1 aliphatic rings. The summed E-state index contributed by atoms with van der Waals surface area (Å²) in [4.78, 5) is 35.5. The van der Waals surface area contributed by atoms with Crippen molar-refractivity contribution in [1.82, 2.24) is 9.88 Å². The van der Waals surface area contributed by atoms with Crippen LogP contribution in [0.2, 0.25) is 0 Å². The van der Waals surface area contributed by atoms with E-state index in [2.05, 4.69) is 11.4 Å². The third-order valence-electron chi connectivity index (χ3n) is 4.67. The normalized spacial score (nSPS) is 15.7. The molecule has 6 heteroatoms. The van der Waals surface area contributed by atoms with Crippen molar-refractivity contribution in [1.29, 1.82) is 5.26 Å². The van der Waals surface area contributed by atoms with Gasteiger partial charge >= 0.3 is 0 Å². The van der Waals surface area contributed by atoms with E-state index < -0.39 is 17.6 Å². The minimum absolute atomic E-state index is 0.0131. The van der Waals surface area contributed by atoms with E-state index in [-0.39, 0.29) is 12.0 Å². The van der Waals surface area contributed by atoms with Crippen LogP contribution < -0.4 is 5.32 Å². The number of nitrogens with one attached hydrogen (secondary N) is 1. The second-order valence-electron chi connectivity index (χ2n) is 6.57. The molecule has 0 spiro atoms. The van der Waals surface area contributed by atoms with Gasteiger partial charge in [0, 0.05) is 29.2 Å². The van der Waals surface area contributed by atoms with Crippen LogP contribution in [0.5, 0.6) is 0 Å². The highest BCUT2D eigenvalue weighted by molar-refractivity contribution is 6.32. The first-order chi connectivity index (χ1) is 13.5. The molecule has 1 fully saturated rings. The summed E-state index contributed by atoms with van der Waals surface area (Å²) in [5.41, 5.74) is 3.30. The summed E-state index contributed by atoms with van der Waals surface area (Å²) in [7, 11) is 0. The van der Waals surface area contributed by atoms with Crippen molar-refractivity contribution in [3.05, 3.63) is 77.0 Å². The fraction of sp³-hybridized carbons (Fsp3) is 0.0909. The number of hydrogen-bond acceptors (Lipinski definition) is 4. The highest BCUT2D eigenvalue weighted by atomic mass is 16.2. The molecule has 28 heavy (non-hydrogen) atoms. The average Bonchev–Trinajstić information content (AvgIpc) is 3.03. The molecule has 1 aliphatic heterocycles. The van der Waals surface area contributed by atoms with E-state index in [1.807, 2.05) is 47.2 Å². The summed E-state index contributed by atoms with van der Waals surface area (Å²) in [6.45, 7) is 0.577. The lowest BCUT2D eigenvalue weighted by Crippen LogP contribution is -2.40. The second-order valence-corrected chi connectivity index (χ2v) is 6.57. The number of amides is 2. The first kappa shape index (κ1) is 17.4. The monoisotopic (exact) mass is 369 g/mol. The Morgan fingerprint density at radius 2 is 1.82 bits per heavy atom. The number of hydrogen-bond donors (Lipinski definition) is 1. The zero-order valence-electron chi connectivity index (χ0n) is 14.8. The third-order valence-corrected chi connectivity index (χ3v) is 4.67. The van der Waals surface area contributed by atoms with Crippen molar-refractivity contribution in [2.45, 2.75) is 13.0 Å². The van der Waals surface area contributed by atoms with Crippen LogP contribution in [0.15, 0.2) is 60.3 Å². The van der Waals surface area contributed by atoms with Gasteiger partial charge in [-0.2, -0.15) is 5.26 Å². The molecule has 0 aliphatic carbocycles. The quantitative estimate of drug-likeness (QED) is 0.332. The van der Waals surface area contributed by atoms with E-state index >= 15 is 0 Å². The first-order valence-corrected chi connectivity index (χ1v) is 8.71. The first-order valence-electron chi connectivity index (χ1n) is 8.71. The second kappa shape index (κ2) is 6.97. The van der Waals surface area contributed by atoms with E-state index in [1.165, 1.54) is 0 Å². The van der Waals surface area contributed by atoms with Crippen LogP contribution >= 0.6 is 0 Å². The fourth-order valence-corrected chi connectivity index (χ4v) is 3.31. The van der Waals surface area contributed by atoms with Gasteiger partial charge in [0.1, 0.15) is 0 Å². The number of imide groups is 1. The van der Waals surface area contributed by atoms with Crippen LogP contribution in [0.25, 0.3) is 17.0 Å². The minimum atomic E-state index is -0.662. The summed E-state index contributed by atoms with van der Waals surface area (Å²) in [6.07, 6.45) is 3.11. The smallest absolute Gasteiger partial charge is 0.261 e. The van der Waals surface area contributed by atoms with Gasteiger partial charge in [-0.3, -0.25) is 19.7 Å². The van der Waals surface area contributed by atoms with Gasteiger partial charge in [0.25, 0.3) is 5.91 Å². The van der Waals surface area contributed by atoms with E-state index in [9.17, 15) is 14.4 Å². The standard InChI is InChI=1S/C22H15N3O3/c23-11-14-5-7-15(8-6-14)12-25-13-16(17-3-1-2-4-19(17)25)9-18-20(26)10-21(27)24-22(18)28/h1-9,13H,10,12H2,(H,24,27,28)/b18-9-. The van der Waals surface area contributed by atoms with Gasteiger partial charge in [0.05, 0.1) is 23.6 Å². The molecule has 0 bridgehead atoms. The summed E-state index contributed by atoms with van der Waals surface area (Å²) in [6, 6.07) is 17.1. The molecule has 2 amide bonds. The van der Waals surface area contributed by atoms with Crippen LogP contribution in [-0.4, -0.2) is 22.2 Å². The molecule has 3 aromatic rings. The van der Waals surface area contributed by atoms with Crippen LogP contribution in [0.3, 0.4) is 0 Å². The van der Waals surface area contributed by atoms with Crippen molar-refractivity contribution in [2.24, 2.45) is 0 Å². The molecule has 1 aromatic heterocycles. The summed E-state index contributed by atoms with van der Waals surface area (Å²) in [5, 5.41) is 12.0. The van der Waals surface area contributed by atoms with E-state index in [4.69, 9.17) is 5.26 Å². The lowest BCUT2D eigenvalue weighted by atomic mass is 10.0. The number of carbonyl (C=O) groups is 3. The molecule has 2 heterocycles. The third kappa shape index (κ3) is 3.21. The van der Waals surface area contributed by atoms with Gasteiger partial charge in [-0.25, -0.2) is 0 Å². The lowest BCUT2D eigenvalue weighted by Gasteiger charge is -2.12. The number of para-hydroxylation sites is 1. The van der Waals surface area contributed by atoms with E-state index in [1.54, 1.807) is 18.2 Å². The Morgan fingerprint density at radius 3 is 2.54 bits per heavy atom. The summed E-state index contributed by atoms with van der Waals surface area (Å²) in [5.74, 6) is -1.71. The number of fused-ring (bicyclic) bond motifs is 1. The molecule has 0 saturated carbocycles. The van der Waals surface area contributed by atoms with Crippen molar-refractivity contribution in [3.8, 4) is 6.07 Å². The number of nitriles is 1. The number of Topliss-reactive ketones (excluding diaryl/α,β-unsaturated/α-hetero) is 1. The largest absolute Gasteiger partial charge is 0.342 e. The van der Waals surface area contributed by atoms with Crippen LogP contribution in [0.1, 0.15) is 23.1 Å². The molecule has 0 atom stereocenters. The molecular weight excluding hydrogens is 354 g/mol. The molecule has 2 aromatic carbocycles. The predicted octanol–water partition coefficient (Wildman–Crippen LogP) is 2.56.